The zero-order valence-electron chi connectivity index (χ0n) is 10.0. The van der Waals surface area contributed by atoms with Crippen LogP contribution in [0.4, 0.5) is 5.82 Å². The van der Waals surface area contributed by atoms with Crippen molar-refractivity contribution < 1.29 is 4.79 Å². The molecule has 1 aliphatic rings. The predicted octanol–water partition coefficient (Wildman–Crippen LogP) is 0.428. The highest BCUT2D eigenvalue weighted by Crippen LogP contribution is 2.22. The van der Waals surface area contributed by atoms with Crippen molar-refractivity contribution in [3.8, 4) is 0 Å². The van der Waals surface area contributed by atoms with Crippen molar-refractivity contribution in [2.24, 2.45) is 5.73 Å². The minimum atomic E-state index is -0.0504. The van der Waals surface area contributed by atoms with E-state index in [0.717, 1.165) is 17.9 Å². The second-order valence-corrected chi connectivity index (χ2v) is 4.29. The van der Waals surface area contributed by atoms with E-state index in [-0.39, 0.29) is 11.9 Å². The van der Waals surface area contributed by atoms with E-state index >= 15 is 0 Å². The molecule has 3 N–H and O–H groups in total. The Kier molecular flexibility index (Phi) is 3.58. The van der Waals surface area contributed by atoms with Crippen LogP contribution in [0.2, 0.25) is 0 Å². The number of pyridine rings is 1. The number of rotatable bonds is 2. The van der Waals surface area contributed by atoms with Gasteiger partial charge in [0.1, 0.15) is 5.82 Å². The number of nitrogens with zero attached hydrogens (tertiary/aromatic N) is 2. The van der Waals surface area contributed by atoms with Gasteiger partial charge < -0.3 is 16.0 Å². The van der Waals surface area contributed by atoms with E-state index in [0.29, 0.717) is 19.5 Å². The molecule has 1 aromatic rings. The zero-order chi connectivity index (χ0) is 12.3. The van der Waals surface area contributed by atoms with Crippen molar-refractivity contribution in [2.45, 2.75) is 19.4 Å². The molecule has 17 heavy (non-hydrogen) atoms. The molecule has 1 aliphatic heterocycles. The van der Waals surface area contributed by atoms with Gasteiger partial charge in [-0.15, -0.1) is 0 Å². The van der Waals surface area contributed by atoms with Crippen molar-refractivity contribution in [1.82, 2.24) is 10.3 Å². The van der Waals surface area contributed by atoms with E-state index < -0.39 is 0 Å². The SMILES string of the molecule is CC(N)c1cccnc1N1CCNC(=O)CC1. The van der Waals surface area contributed by atoms with Gasteiger partial charge >= 0.3 is 0 Å². The summed E-state index contributed by atoms with van der Waals surface area (Å²) in [6, 6.07) is 3.84. The van der Waals surface area contributed by atoms with Crippen molar-refractivity contribution in [3.05, 3.63) is 23.9 Å². The number of aromatic nitrogens is 1. The Labute approximate surface area is 101 Å². The fourth-order valence-corrected chi connectivity index (χ4v) is 2.01. The quantitative estimate of drug-likeness (QED) is 0.778. The molecule has 1 saturated heterocycles. The molecule has 5 nitrogen and oxygen atoms in total. The second kappa shape index (κ2) is 5.14. The van der Waals surface area contributed by atoms with E-state index in [4.69, 9.17) is 5.73 Å². The molecule has 2 rings (SSSR count). The van der Waals surface area contributed by atoms with Crippen molar-refractivity contribution >= 4 is 11.7 Å². The number of nitrogens with one attached hydrogen (secondary N) is 1. The summed E-state index contributed by atoms with van der Waals surface area (Å²) < 4.78 is 0. The summed E-state index contributed by atoms with van der Waals surface area (Å²) in [5.74, 6) is 1.00. The topological polar surface area (TPSA) is 71.2 Å². The van der Waals surface area contributed by atoms with Crippen LogP contribution in [-0.2, 0) is 4.79 Å². The van der Waals surface area contributed by atoms with Gasteiger partial charge in [0, 0.05) is 43.9 Å². The maximum absolute atomic E-state index is 11.3. The number of hydrogen-bond donors (Lipinski definition) is 2. The number of carbonyl (C=O) groups is 1. The van der Waals surface area contributed by atoms with Gasteiger partial charge in [-0.3, -0.25) is 4.79 Å². The first kappa shape index (κ1) is 11.9. The molecule has 5 heteroatoms. The number of nitrogens with two attached hydrogens (primary N) is 1. The minimum absolute atomic E-state index is 0.0504. The third-order valence-electron chi connectivity index (χ3n) is 2.92. The monoisotopic (exact) mass is 234 g/mol. The maximum atomic E-state index is 11.3. The van der Waals surface area contributed by atoms with Crippen LogP contribution in [0.15, 0.2) is 18.3 Å². The highest BCUT2D eigenvalue weighted by molar-refractivity contribution is 5.77. The Balaban J connectivity index is 2.23. The summed E-state index contributed by atoms with van der Waals surface area (Å²) in [6.45, 7) is 4.08. The molecule has 1 fully saturated rings. The van der Waals surface area contributed by atoms with Gasteiger partial charge in [-0.1, -0.05) is 6.07 Å². The van der Waals surface area contributed by atoms with Gasteiger partial charge in [0.15, 0.2) is 0 Å². The van der Waals surface area contributed by atoms with Crippen LogP contribution < -0.4 is 16.0 Å². The number of hydrogen-bond acceptors (Lipinski definition) is 4. The van der Waals surface area contributed by atoms with Crippen molar-refractivity contribution in [2.75, 3.05) is 24.5 Å². The van der Waals surface area contributed by atoms with Crippen molar-refractivity contribution in [3.63, 3.8) is 0 Å². The molecule has 92 valence electrons. The summed E-state index contributed by atoms with van der Waals surface area (Å²) in [4.78, 5) is 17.8. The molecule has 1 aromatic heterocycles. The number of carbonyl (C=O) groups excluding carboxylic acids is 1. The lowest BCUT2D eigenvalue weighted by molar-refractivity contribution is -0.120. The summed E-state index contributed by atoms with van der Waals surface area (Å²) in [7, 11) is 0. The van der Waals surface area contributed by atoms with E-state index in [1.165, 1.54) is 0 Å². The minimum Gasteiger partial charge on any atom is -0.354 e. The Hall–Kier alpha value is -1.62. The van der Waals surface area contributed by atoms with Crippen LogP contribution in [0.5, 0.6) is 0 Å². The normalized spacial score (nSPS) is 18.5. The third kappa shape index (κ3) is 2.74. The van der Waals surface area contributed by atoms with Crippen LogP contribution in [0.3, 0.4) is 0 Å². The zero-order valence-corrected chi connectivity index (χ0v) is 10.0. The number of anilines is 1. The molecular weight excluding hydrogens is 216 g/mol. The first-order chi connectivity index (χ1) is 8.18. The molecule has 0 aromatic carbocycles. The molecule has 0 aliphatic carbocycles. The van der Waals surface area contributed by atoms with Gasteiger partial charge in [0.25, 0.3) is 0 Å². The van der Waals surface area contributed by atoms with Gasteiger partial charge in [-0.25, -0.2) is 4.98 Å². The summed E-state index contributed by atoms with van der Waals surface area (Å²) >= 11 is 0. The molecular formula is C12H18N4O. The van der Waals surface area contributed by atoms with Crippen LogP contribution >= 0.6 is 0 Å². The lowest BCUT2D eigenvalue weighted by Gasteiger charge is -2.24. The van der Waals surface area contributed by atoms with Gasteiger partial charge in [-0.2, -0.15) is 0 Å². The predicted molar refractivity (Wildman–Crippen MR) is 66.7 cm³/mol. The average Bonchev–Trinajstić information content (AvgIpc) is 2.54. The maximum Gasteiger partial charge on any atom is 0.221 e. The lowest BCUT2D eigenvalue weighted by atomic mass is 10.1. The number of amides is 1. The van der Waals surface area contributed by atoms with Gasteiger partial charge in [0.2, 0.25) is 5.91 Å². The van der Waals surface area contributed by atoms with Crippen LogP contribution in [0.25, 0.3) is 0 Å². The Morgan fingerprint density at radius 2 is 2.35 bits per heavy atom. The third-order valence-corrected chi connectivity index (χ3v) is 2.92. The first-order valence-corrected chi connectivity index (χ1v) is 5.90. The average molecular weight is 234 g/mol. The van der Waals surface area contributed by atoms with E-state index in [2.05, 4.69) is 15.2 Å². The van der Waals surface area contributed by atoms with Crippen LogP contribution in [0, 0.1) is 0 Å². The molecule has 1 atom stereocenters. The standard InChI is InChI=1S/C12H18N4O/c1-9(13)10-3-2-5-15-12(10)16-7-4-11(17)14-6-8-16/h2-3,5,9H,4,6-8,13H2,1H3,(H,14,17). The van der Waals surface area contributed by atoms with E-state index in [1.807, 2.05) is 19.1 Å². The van der Waals surface area contributed by atoms with Crippen LogP contribution in [-0.4, -0.2) is 30.5 Å². The van der Waals surface area contributed by atoms with Crippen LogP contribution in [0.1, 0.15) is 24.9 Å². The Morgan fingerprint density at radius 1 is 1.53 bits per heavy atom. The van der Waals surface area contributed by atoms with E-state index in [9.17, 15) is 4.79 Å². The molecule has 0 bridgehead atoms. The van der Waals surface area contributed by atoms with E-state index in [1.54, 1.807) is 6.20 Å². The summed E-state index contributed by atoms with van der Waals surface area (Å²) in [5, 5.41) is 2.85. The summed E-state index contributed by atoms with van der Waals surface area (Å²) in [6.07, 6.45) is 2.27. The fraction of sp³-hybridized carbons (Fsp3) is 0.500. The second-order valence-electron chi connectivity index (χ2n) is 4.29. The molecule has 1 amide bonds. The molecule has 2 heterocycles. The lowest BCUT2D eigenvalue weighted by Crippen LogP contribution is -2.30. The highest BCUT2D eigenvalue weighted by Gasteiger charge is 2.18. The molecule has 1 unspecified atom stereocenters. The largest absolute Gasteiger partial charge is 0.354 e. The molecule has 0 radical (unpaired) electrons. The molecule has 0 spiro atoms. The first-order valence-electron chi connectivity index (χ1n) is 5.90. The smallest absolute Gasteiger partial charge is 0.221 e. The van der Waals surface area contributed by atoms with Gasteiger partial charge in [-0.05, 0) is 13.0 Å². The fourth-order valence-electron chi connectivity index (χ4n) is 2.01. The Morgan fingerprint density at radius 3 is 3.12 bits per heavy atom. The van der Waals surface area contributed by atoms with Gasteiger partial charge in [0.05, 0.1) is 0 Å². The molecule has 0 saturated carbocycles. The summed E-state index contributed by atoms with van der Waals surface area (Å²) in [5.41, 5.74) is 6.97. The van der Waals surface area contributed by atoms with Crippen molar-refractivity contribution in [1.29, 1.82) is 0 Å². The Bertz CT molecular complexity index is 405. The highest BCUT2D eigenvalue weighted by atomic mass is 16.1.